The van der Waals surface area contributed by atoms with Crippen LogP contribution in [-0.4, -0.2) is 54.8 Å². The summed E-state index contributed by atoms with van der Waals surface area (Å²) in [5.74, 6) is -2.53. The summed E-state index contributed by atoms with van der Waals surface area (Å²) in [5, 5.41) is 13.1. The molecule has 11 N–H and O–H groups in total. The van der Waals surface area contributed by atoms with Crippen LogP contribution in [0.3, 0.4) is 0 Å². The number of guanidine groups is 1. The first-order valence-electron chi connectivity index (χ1n) is 14.2. The number of amides is 3. The van der Waals surface area contributed by atoms with Crippen molar-refractivity contribution in [2.24, 2.45) is 27.9 Å². The van der Waals surface area contributed by atoms with Crippen molar-refractivity contribution >= 4 is 29.5 Å². The lowest BCUT2D eigenvalue weighted by Crippen LogP contribution is -2.55. The minimum atomic E-state index is -1.13. The second kappa shape index (κ2) is 17.0. The standard InChI is InChI=1S/C32H40N8O4/c33-28(34)24-15-13-21(14-16-24)18-25(23-10-5-2-6-11-23)30(42)40-27(20-44-19-22-8-3-1-4-9-22)31(43)39-26(29(35)41)12-7-17-38-32(36)37/h1-6,8-11,13-16,25-27H,7,12,17-20H2,(H3,33,34)(H2,35,41)(H,39,43)(H,40,42)(H4,36,37,38)/t25-,26+,27+/m1/s1. The van der Waals surface area contributed by atoms with Crippen LogP contribution in [0.25, 0.3) is 0 Å². The third-order valence-electron chi connectivity index (χ3n) is 6.86. The molecule has 3 rings (SSSR count). The maximum Gasteiger partial charge on any atom is 0.245 e. The van der Waals surface area contributed by atoms with Gasteiger partial charge >= 0.3 is 0 Å². The Hall–Kier alpha value is -5.23. The Labute approximate surface area is 256 Å². The van der Waals surface area contributed by atoms with Gasteiger partial charge in [0.05, 0.1) is 19.1 Å². The lowest BCUT2D eigenvalue weighted by atomic mass is 9.90. The summed E-state index contributed by atoms with van der Waals surface area (Å²) in [4.78, 5) is 43.4. The Morgan fingerprint density at radius 1 is 0.773 bits per heavy atom. The smallest absolute Gasteiger partial charge is 0.245 e. The third-order valence-corrected chi connectivity index (χ3v) is 6.86. The maximum atomic E-state index is 13.8. The number of amidine groups is 1. The van der Waals surface area contributed by atoms with Crippen molar-refractivity contribution in [1.29, 1.82) is 5.41 Å². The van der Waals surface area contributed by atoms with Crippen LogP contribution in [0.15, 0.2) is 89.9 Å². The maximum absolute atomic E-state index is 13.8. The highest BCUT2D eigenvalue weighted by atomic mass is 16.5. The molecule has 0 fully saturated rings. The van der Waals surface area contributed by atoms with Gasteiger partial charge in [0.1, 0.15) is 17.9 Å². The van der Waals surface area contributed by atoms with Crippen LogP contribution < -0.4 is 33.6 Å². The number of aliphatic imine (C=N–C) groups is 1. The molecule has 0 saturated carbocycles. The number of ether oxygens (including phenoxy) is 1. The number of hydrogen-bond donors (Lipinski definition) is 7. The van der Waals surface area contributed by atoms with Gasteiger partial charge in [-0.2, -0.15) is 0 Å². The quantitative estimate of drug-likeness (QED) is 0.0676. The Morgan fingerprint density at radius 2 is 1.39 bits per heavy atom. The van der Waals surface area contributed by atoms with Crippen LogP contribution >= 0.6 is 0 Å². The summed E-state index contributed by atoms with van der Waals surface area (Å²) in [6.45, 7) is 0.318. The molecule has 0 spiro atoms. The number of nitrogens with zero attached hydrogens (tertiary/aromatic N) is 1. The summed E-state index contributed by atoms with van der Waals surface area (Å²) in [7, 11) is 0. The van der Waals surface area contributed by atoms with Crippen LogP contribution in [0, 0.1) is 5.41 Å². The second-order valence-electron chi connectivity index (χ2n) is 10.3. The van der Waals surface area contributed by atoms with E-state index in [0.717, 1.165) is 16.7 Å². The van der Waals surface area contributed by atoms with Crippen LogP contribution in [0.4, 0.5) is 0 Å². The molecular weight excluding hydrogens is 560 g/mol. The van der Waals surface area contributed by atoms with Gasteiger partial charge in [-0.15, -0.1) is 0 Å². The third kappa shape index (κ3) is 10.9. The average Bonchev–Trinajstić information content (AvgIpc) is 3.01. The first-order chi connectivity index (χ1) is 21.1. The molecule has 0 saturated heterocycles. The Kier molecular flexibility index (Phi) is 12.9. The molecule has 0 aliphatic carbocycles. The van der Waals surface area contributed by atoms with Crippen molar-refractivity contribution in [2.75, 3.05) is 13.2 Å². The second-order valence-corrected chi connectivity index (χ2v) is 10.3. The first-order valence-corrected chi connectivity index (χ1v) is 14.2. The molecule has 3 aromatic carbocycles. The number of rotatable bonds is 17. The van der Waals surface area contributed by atoms with Gasteiger partial charge in [-0.3, -0.25) is 24.8 Å². The summed E-state index contributed by atoms with van der Waals surface area (Å²) in [6.07, 6.45) is 0.917. The van der Waals surface area contributed by atoms with E-state index in [0.29, 0.717) is 18.4 Å². The summed E-state index contributed by atoms with van der Waals surface area (Å²) in [6, 6.07) is 23.5. The highest BCUT2D eigenvalue weighted by Crippen LogP contribution is 2.22. The van der Waals surface area contributed by atoms with Gasteiger partial charge in [-0.1, -0.05) is 84.9 Å². The molecule has 0 aliphatic heterocycles. The van der Waals surface area contributed by atoms with Gasteiger partial charge in [0.15, 0.2) is 5.96 Å². The molecule has 0 aliphatic rings. The van der Waals surface area contributed by atoms with Crippen molar-refractivity contribution in [2.45, 2.75) is 43.9 Å². The number of hydrogen-bond acceptors (Lipinski definition) is 6. The zero-order valence-electron chi connectivity index (χ0n) is 24.4. The van der Waals surface area contributed by atoms with Crippen LogP contribution in [-0.2, 0) is 32.1 Å². The largest absolute Gasteiger partial charge is 0.384 e. The van der Waals surface area contributed by atoms with E-state index < -0.39 is 35.7 Å². The molecular formula is C32H40N8O4. The van der Waals surface area contributed by atoms with Crippen LogP contribution in [0.2, 0.25) is 0 Å². The molecule has 232 valence electrons. The van der Waals surface area contributed by atoms with Gasteiger partial charge < -0.3 is 38.3 Å². The summed E-state index contributed by atoms with van der Waals surface area (Å²) >= 11 is 0. The fourth-order valence-electron chi connectivity index (χ4n) is 4.49. The molecule has 0 aromatic heterocycles. The SMILES string of the molecule is N=C(N)c1ccc(C[C@@H](C(=O)N[C@@H](COCc2ccccc2)C(=O)N[C@@H](CCCN=C(N)N)C(N)=O)c2ccccc2)cc1. The summed E-state index contributed by atoms with van der Waals surface area (Å²) in [5.41, 5.74) is 24.9. The molecule has 12 heteroatoms. The molecule has 3 aromatic rings. The number of carbonyl (C=O) groups excluding carboxylic acids is 3. The Morgan fingerprint density at radius 3 is 1.98 bits per heavy atom. The fourth-order valence-corrected chi connectivity index (χ4v) is 4.49. The number of carbonyl (C=O) groups is 3. The molecule has 3 amide bonds. The predicted octanol–water partition coefficient (Wildman–Crippen LogP) is 1.02. The van der Waals surface area contributed by atoms with Gasteiger partial charge in [-0.25, -0.2) is 0 Å². The van der Waals surface area contributed by atoms with E-state index in [2.05, 4.69) is 15.6 Å². The van der Waals surface area contributed by atoms with Gasteiger partial charge in [0, 0.05) is 12.1 Å². The number of nitrogens with two attached hydrogens (primary N) is 4. The summed E-state index contributed by atoms with van der Waals surface area (Å²) < 4.78 is 5.84. The van der Waals surface area contributed by atoms with Gasteiger partial charge in [-0.05, 0) is 36.0 Å². The average molecular weight is 601 g/mol. The van der Waals surface area contributed by atoms with E-state index in [4.69, 9.17) is 33.1 Å². The van der Waals surface area contributed by atoms with E-state index >= 15 is 0 Å². The minimum absolute atomic E-state index is 0.0521. The number of benzene rings is 3. The molecule has 0 heterocycles. The fraction of sp³-hybridized carbons (Fsp3) is 0.281. The number of nitrogen functional groups attached to an aromatic ring is 1. The van der Waals surface area contributed by atoms with Crippen LogP contribution in [0.1, 0.15) is 41.0 Å². The zero-order chi connectivity index (χ0) is 31.9. The molecule has 0 unspecified atom stereocenters. The van der Waals surface area contributed by atoms with Gasteiger partial charge in [0.2, 0.25) is 17.7 Å². The zero-order valence-corrected chi connectivity index (χ0v) is 24.4. The van der Waals surface area contributed by atoms with Crippen molar-refractivity contribution in [3.8, 4) is 0 Å². The molecule has 0 radical (unpaired) electrons. The van der Waals surface area contributed by atoms with E-state index in [1.807, 2.05) is 72.8 Å². The molecule has 12 nitrogen and oxygen atoms in total. The van der Waals surface area contributed by atoms with Crippen molar-refractivity contribution in [3.05, 3.63) is 107 Å². The number of nitrogens with one attached hydrogen (secondary N) is 3. The van der Waals surface area contributed by atoms with Gasteiger partial charge in [0.25, 0.3) is 0 Å². The highest BCUT2D eigenvalue weighted by molar-refractivity contribution is 5.95. The van der Waals surface area contributed by atoms with Crippen LogP contribution in [0.5, 0.6) is 0 Å². The molecule has 3 atom stereocenters. The Balaban J connectivity index is 1.80. The van der Waals surface area contributed by atoms with Crippen molar-refractivity contribution in [3.63, 3.8) is 0 Å². The van der Waals surface area contributed by atoms with E-state index in [1.54, 1.807) is 12.1 Å². The van der Waals surface area contributed by atoms with Crippen molar-refractivity contribution < 1.29 is 19.1 Å². The normalized spacial score (nSPS) is 12.7. The molecule has 44 heavy (non-hydrogen) atoms. The topological polar surface area (TPSA) is 225 Å². The van der Waals surface area contributed by atoms with E-state index in [-0.39, 0.29) is 38.0 Å². The monoisotopic (exact) mass is 600 g/mol. The number of primary amides is 1. The van der Waals surface area contributed by atoms with Crippen molar-refractivity contribution in [1.82, 2.24) is 10.6 Å². The lowest BCUT2D eigenvalue weighted by Gasteiger charge is -2.25. The minimum Gasteiger partial charge on any atom is -0.384 e. The predicted molar refractivity (Wildman–Crippen MR) is 169 cm³/mol. The lowest BCUT2D eigenvalue weighted by molar-refractivity contribution is -0.133. The highest BCUT2D eigenvalue weighted by Gasteiger charge is 2.29. The van der Waals surface area contributed by atoms with E-state index in [9.17, 15) is 14.4 Å². The first kappa shape index (κ1) is 33.3. The molecule has 0 bridgehead atoms. The van der Waals surface area contributed by atoms with E-state index in [1.165, 1.54) is 0 Å². The Bertz CT molecular complexity index is 1410.